The van der Waals surface area contributed by atoms with Crippen LogP contribution in [-0.2, 0) is 82.7 Å². The molecule has 4 fully saturated rings. The highest BCUT2D eigenvalue weighted by Crippen LogP contribution is 2.41. The number of amides is 2. The molecule has 1 aromatic carbocycles. The predicted molar refractivity (Wildman–Crippen MR) is 347 cm³/mol. The smallest absolute Gasteiger partial charge is 0.408 e. The lowest BCUT2D eigenvalue weighted by atomic mass is 9.74. The number of rotatable bonds is 21. The summed E-state index contributed by atoms with van der Waals surface area (Å²) in [6, 6.07) is 16.4. The molecule has 22 atom stereocenters. The van der Waals surface area contributed by atoms with E-state index in [1.54, 1.807) is 47.6 Å². The van der Waals surface area contributed by atoms with Gasteiger partial charge in [-0.15, -0.1) is 0 Å². The fraction of sp³-hybridized carbons (Fsp3) is 0.710. The quantitative estimate of drug-likeness (QED) is 0.0448. The van der Waals surface area contributed by atoms with Gasteiger partial charge in [0.2, 0.25) is 5.91 Å². The first-order chi connectivity index (χ1) is 44.5. The average molecular weight is 1320 g/mol. The van der Waals surface area contributed by atoms with Crippen LogP contribution in [0.1, 0.15) is 133 Å². The molecule has 4 saturated heterocycles. The fourth-order valence-electron chi connectivity index (χ4n) is 13.6. The maximum Gasteiger partial charge on any atom is 0.408 e. The van der Waals surface area contributed by atoms with Crippen molar-refractivity contribution < 1.29 is 91.1 Å². The van der Waals surface area contributed by atoms with Gasteiger partial charge in [0.15, 0.2) is 35.9 Å². The van der Waals surface area contributed by atoms with E-state index in [2.05, 4.69) is 30.7 Å². The van der Waals surface area contributed by atoms with Gasteiger partial charge in [0.25, 0.3) is 0 Å². The zero-order valence-corrected chi connectivity index (χ0v) is 57.9. The Bertz CT molecular complexity index is 3000. The van der Waals surface area contributed by atoms with Gasteiger partial charge >= 0.3 is 18.0 Å². The number of nitrogens with zero attached hydrogens (tertiary/aromatic N) is 4. The number of aromatic nitrogens is 2. The van der Waals surface area contributed by atoms with Gasteiger partial charge in [0, 0.05) is 94.4 Å². The Morgan fingerprint density at radius 2 is 1.50 bits per heavy atom. The standard InChI is InChI=1S/C69H104N6O19/c1-36(2)29-53(77)90-59-44(10)58(38(4)35-86-67-62(84-16)61(83-15)55(78)47(13)89-67)92-65(81)46(12)60(91-54-30-40(6)75(34-42(8)87-54)28-27-52(76)72-51-26-25-49-24-23-39(5)71-64(49)73-51)43(9)57(93-66-56(79)50(74-85-17)31-41(7)88-66)37(3)32-69(14,63(80)45(59)11)94-68(82)70-33-48-21-19-18-20-22-48/h18-26,36-38,40-47,54-62,66-67,78-79H,27-35H2,1-17H3,(H,70,82)(H,71,72,73,76)/b74-50+/t37-,38?,40-,41+,42-,43+,44-,45+,46+,47+,54-,55+,56+,57-,58+,59+,60-,61+,62+,66-,67+,69-/m0/s1. The van der Waals surface area contributed by atoms with Gasteiger partial charge in [0.1, 0.15) is 49.6 Å². The Kier molecular flexibility index (Phi) is 27.6. The monoisotopic (exact) mass is 1320 g/mol. The van der Waals surface area contributed by atoms with Gasteiger partial charge < -0.3 is 77.8 Å². The number of oxime groups is 1. The van der Waals surface area contributed by atoms with Gasteiger partial charge in [-0.25, -0.2) is 14.8 Å². The van der Waals surface area contributed by atoms with Gasteiger partial charge in [-0.2, -0.15) is 0 Å². The second-order valence-corrected chi connectivity index (χ2v) is 27.0. The number of Topliss-reactive ketones (excluding diaryl/α,β-unsaturated/α-hetero) is 1. The summed E-state index contributed by atoms with van der Waals surface area (Å²) in [6.45, 7) is 25.6. The Morgan fingerprint density at radius 1 is 0.798 bits per heavy atom. The number of pyridine rings is 2. The first-order valence-electron chi connectivity index (χ1n) is 33.2. The van der Waals surface area contributed by atoms with Crippen molar-refractivity contribution in [2.75, 3.05) is 46.3 Å². The number of esters is 2. The summed E-state index contributed by atoms with van der Waals surface area (Å²) in [4.78, 5) is 90.2. The second kappa shape index (κ2) is 34.4. The molecule has 4 N–H and O–H groups in total. The molecule has 3 aromatic rings. The van der Waals surface area contributed by atoms with Crippen molar-refractivity contribution in [1.82, 2.24) is 20.2 Å². The second-order valence-electron chi connectivity index (χ2n) is 27.0. The van der Waals surface area contributed by atoms with E-state index >= 15 is 9.59 Å². The Morgan fingerprint density at radius 3 is 2.18 bits per heavy atom. The van der Waals surface area contributed by atoms with Gasteiger partial charge in [-0.05, 0) is 96.6 Å². The summed E-state index contributed by atoms with van der Waals surface area (Å²) in [7, 11) is 4.26. The van der Waals surface area contributed by atoms with Crippen LogP contribution in [0.25, 0.3) is 11.0 Å². The first-order valence-corrected chi connectivity index (χ1v) is 33.2. The number of ether oxygens (including phenoxy) is 11. The largest absolute Gasteiger partial charge is 0.461 e. The highest BCUT2D eigenvalue weighted by atomic mass is 16.7. The van der Waals surface area contributed by atoms with Crippen LogP contribution in [0.15, 0.2) is 59.8 Å². The number of methoxy groups -OCH3 is 2. The summed E-state index contributed by atoms with van der Waals surface area (Å²) >= 11 is 0. The van der Waals surface area contributed by atoms with Crippen molar-refractivity contribution in [3.63, 3.8) is 0 Å². The summed E-state index contributed by atoms with van der Waals surface area (Å²) in [5, 5.41) is 33.7. The lowest BCUT2D eigenvalue weighted by molar-refractivity contribution is -0.305. The summed E-state index contributed by atoms with van der Waals surface area (Å²) in [6.07, 6.45) is -14.6. The molecule has 4 aliphatic heterocycles. The number of alkyl carbamates (subject to hydrolysis) is 1. The predicted octanol–water partition coefficient (Wildman–Crippen LogP) is 7.86. The molecular weight excluding hydrogens is 1220 g/mol. The number of hydrogen-bond acceptors (Lipinski definition) is 23. The van der Waals surface area contributed by atoms with Crippen molar-refractivity contribution in [1.29, 1.82) is 0 Å². The van der Waals surface area contributed by atoms with E-state index in [1.807, 2.05) is 97.0 Å². The van der Waals surface area contributed by atoms with Crippen LogP contribution in [0, 0.1) is 48.3 Å². The van der Waals surface area contributed by atoms with Gasteiger partial charge in [-0.3, -0.25) is 24.1 Å². The molecule has 7 rings (SSSR count). The number of anilines is 1. The molecule has 0 spiro atoms. The molecule has 4 aliphatic rings. The fourth-order valence-corrected chi connectivity index (χ4v) is 13.6. The van der Waals surface area contributed by atoms with Crippen molar-refractivity contribution in [2.24, 2.45) is 46.6 Å². The van der Waals surface area contributed by atoms with Crippen LogP contribution in [-0.4, -0.2) is 199 Å². The molecule has 0 bridgehead atoms. The average Bonchev–Trinajstić information content (AvgIpc) is 0.821. The molecule has 6 heterocycles. The molecule has 1 unspecified atom stereocenters. The van der Waals surface area contributed by atoms with Crippen LogP contribution >= 0.6 is 0 Å². The number of ketones is 1. The number of benzene rings is 1. The zero-order chi connectivity index (χ0) is 68.9. The molecule has 94 heavy (non-hydrogen) atoms. The number of carbonyl (C=O) groups is 5. The highest BCUT2D eigenvalue weighted by molar-refractivity contribution is 5.92. The van der Waals surface area contributed by atoms with E-state index in [4.69, 9.17) is 56.9 Å². The molecule has 0 aliphatic carbocycles. The minimum absolute atomic E-state index is 0.0191. The summed E-state index contributed by atoms with van der Waals surface area (Å²) in [5.74, 6) is -7.77. The van der Waals surface area contributed by atoms with Gasteiger partial charge in [0.05, 0.1) is 54.7 Å². The molecule has 524 valence electrons. The Labute approximate surface area is 553 Å². The van der Waals surface area contributed by atoms with Crippen molar-refractivity contribution in [3.05, 3.63) is 65.9 Å². The highest BCUT2D eigenvalue weighted by Gasteiger charge is 2.53. The molecule has 25 heteroatoms. The van der Waals surface area contributed by atoms with Crippen LogP contribution in [0.3, 0.4) is 0 Å². The van der Waals surface area contributed by atoms with E-state index in [-0.39, 0.29) is 68.8 Å². The molecule has 25 nitrogen and oxygen atoms in total. The van der Waals surface area contributed by atoms with Crippen LogP contribution in [0.2, 0.25) is 0 Å². The molecule has 2 aromatic heterocycles. The number of aryl methyl sites for hydroxylation is 1. The third-order valence-electron chi connectivity index (χ3n) is 18.6. The van der Waals surface area contributed by atoms with Crippen LogP contribution < -0.4 is 10.6 Å². The zero-order valence-electron chi connectivity index (χ0n) is 57.9. The topological polar surface area (TPSA) is 302 Å². The van der Waals surface area contributed by atoms with E-state index in [1.165, 1.54) is 28.3 Å². The van der Waals surface area contributed by atoms with Crippen LogP contribution in [0.4, 0.5) is 10.6 Å². The number of fused-ring (bicyclic) bond motifs is 1. The van der Waals surface area contributed by atoms with E-state index in [0.717, 1.165) is 16.6 Å². The first kappa shape index (κ1) is 75.5. The maximum absolute atomic E-state index is 16.0. The van der Waals surface area contributed by atoms with Gasteiger partial charge in [-0.1, -0.05) is 84.0 Å². The van der Waals surface area contributed by atoms with E-state index in [9.17, 15) is 24.6 Å². The lowest BCUT2D eigenvalue weighted by Crippen LogP contribution is -2.59. The molecule has 0 radical (unpaired) electrons. The number of aliphatic hydroxyl groups excluding tert-OH is 2. The van der Waals surface area contributed by atoms with Crippen molar-refractivity contribution >= 4 is 52.3 Å². The minimum atomic E-state index is -2.01. The Hall–Kier alpha value is -5.84. The molecule has 2 amide bonds. The minimum Gasteiger partial charge on any atom is -0.461 e. The number of hydrogen-bond donors (Lipinski definition) is 4. The van der Waals surface area contributed by atoms with E-state index in [0.29, 0.717) is 24.6 Å². The van der Waals surface area contributed by atoms with Crippen LogP contribution in [0.5, 0.6) is 0 Å². The SMILES string of the molecule is CO/N=C1\C[C@@H](C)O[C@@H](O[C@@H]2[C@@H](C)[C@H](O[C@H]3C[C@H](C)N(CCC(=O)Nc4ccc5ccc(C)nc5n4)C[C@H](C)O3)[C@@H](C)C(=O)O[C@H](C(C)CO[C@@H]3O[C@H](C)[C@@H](O)[C@@H](OC)[C@H]3OC)[C@H](C)[C@@H](OC(=O)CC(C)C)[C@@H](C)C(=O)[C@@](C)(OC(=O)NCc3ccccc3)C[C@@H]2C)[C@@H]1O. The normalized spacial score (nSPS) is 35.0. The lowest BCUT2D eigenvalue weighted by Gasteiger charge is -2.45. The molecule has 0 saturated carbocycles. The number of aliphatic hydroxyl groups is 2. The molecular formula is C69H104N6O19. The number of carbonyl (C=O) groups excluding carboxylic acids is 5. The van der Waals surface area contributed by atoms with Crippen molar-refractivity contribution in [2.45, 2.75) is 233 Å². The Balaban J connectivity index is 1.30. The summed E-state index contributed by atoms with van der Waals surface area (Å²) < 4.78 is 71.2. The maximum atomic E-state index is 16.0. The summed E-state index contributed by atoms with van der Waals surface area (Å²) in [5.41, 5.74) is 0.345. The van der Waals surface area contributed by atoms with Crippen molar-refractivity contribution in [3.8, 4) is 0 Å². The number of cyclic esters (lactones) is 1. The third kappa shape index (κ3) is 19.7. The third-order valence-corrected chi connectivity index (χ3v) is 18.6. The van der Waals surface area contributed by atoms with E-state index < -0.39 is 151 Å². The number of nitrogens with one attached hydrogen (secondary N) is 2.